The van der Waals surface area contributed by atoms with Crippen LogP contribution in [0.5, 0.6) is 0 Å². The van der Waals surface area contributed by atoms with Gasteiger partial charge in [0.1, 0.15) is 18.0 Å². The Balaban J connectivity index is 2.22. The Kier molecular flexibility index (Phi) is 2.64. The lowest BCUT2D eigenvalue weighted by atomic mass is 10.0. The minimum Gasteiger partial charge on any atom is -0.359 e. The van der Waals surface area contributed by atoms with Crippen molar-refractivity contribution in [1.82, 2.24) is 0 Å². The number of thiophene rings is 1. The summed E-state index contributed by atoms with van der Waals surface area (Å²) < 4.78 is 6.44. The van der Waals surface area contributed by atoms with E-state index in [0.29, 0.717) is 0 Å². The summed E-state index contributed by atoms with van der Waals surface area (Å²) in [5, 5.41) is 0. The zero-order chi connectivity index (χ0) is 10.2. The van der Waals surface area contributed by atoms with Crippen molar-refractivity contribution in [3.8, 4) is 0 Å². The summed E-state index contributed by atoms with van der Waals surface area (Å²) in [4.78, 5) is 11.7. The highest BCUT2D eigenvalue weighted by molar-refractivity contribution is 7.16. The molecule has 0 radical (unpaired) electrons. The van der Waals surface area contributed by atoms with Gasteiger partial charge in [-0.3, -0.25) is 0 Å². The second-order valence-corrected chi connectivity index (χ2v) is 5.38. The topological polar surface area (TPSA) is 26.3 Å². The normalized spacial score (nSPS) is 32.0. The molecule has 1 aromatic heterocycles. The summed E-state index contributed by atoms with van der Waals surface area (Å²) in [6, 6.07) is 3.84. The van der Waals surface area contributed by atoms with E-state index >= 15 is 0 Å². The van der Waals surface area contributed by atoms with Gasteiger partial charge in [-0.05, 0) is 31.9 Å². The molecule has 2 rings (SSSR count). The summed E-state index contributed by atoms with van der Waals surface area (Å²) in [6.45, 7) is 2.01. The maximum atomic E-state index is 10.6. The molecule has 1 saturated heterocycles. The lowest BCUT2D eigenvalue weighted by Crippen LogP contribution is -2.21. The van der Waals surface area contributed by atoms with Crippen molar-refractivity contribution in [2.24, 2.45) is 0 Å². The molecular formula is C10H11ClO2S. The van der Waals surface area contributed by atoms with Crippen LogP contribution in [0, 0.1) is 0 Å². The monoisotopic (exact) mass is 230 g/mol. The lowest BCUT2D eigenvalue weighted by molar-refractivity contribution is -0.121. The van der Waals surface area contributed by atoms with Gasteiger partial charge in [-0.15, -0.1) is 11.3 Å². The highest BCUT2D eigenvalue weighted by Gasteiger charge is 2.38. The van der Waals surface area contributed by atoms with Gasteiger partial charge in [0, 0.05) is 4.88 Å². The molecule has 0 N–H and O–H groups in total. The van der Waals surface area contributed by atoms with E-state index in [1.807, 2.05) is 19.1 Å². The van der Waals surface area contributed by atoms with Crippen molar-refractivity contribution in [2.75, 3.05) is 0 Å². The van der Waals surface area contributed by atoms with Crippen LogP contribution in [-0.4, -0.2) is 12.4 Å². The van der Waals surface area contributed by atoms with Crippen molar-refractivity contribution in [3.63, 3.8) is 0 Å². The average Bonchev–Trinajstić information content (AvgIpc) is 2.73. The van der Waals surface area contributed by atoms with Gasteiger partial charge in [0.15, 0.2) is 0 Å². The van der Waals surface area contributed by atoms with E-state index in [1.54, 1.807) is 0 Å². The average molecular weight is 231 g/mol. The van der Waals surface area contributed by atoms with Crippen molar-refractivity contribution in [1.29, 1.82) is 0 Å². The van der Waals surface area contributed by atoms with E-state index in [9.17, 15) is 4.79 Å². The molecule has 2 nitrogen and oxygen atoms in total. The van der Waals surface area contributed by atoms with Crippen molar-refractivity contribution in [2.45, 2.75) is 31.5 Å². The molecule has 2 heterocycles. The van der Waals surface area contributed by atoms with Gasteiger partial charge in [-0.1, -0.05) is 11.6 Å². The molecule has 0 aromatic carbocycles. The summed E-state index contributed by atoms with van der Waals surface area (Å²) in [6.07, 6.45) is 2.31. The fraction of sp³-hybridized carbons (Fsp3) is 0.500. The number of aldehydes is 1. The fourth-order valence-electron chi connectivity index (χ4n) is 1.75. The number of rotatable bonds is 2. The molecule has 0 aliphatic carbocycles. The molecule has 0 spiro atoms. The number of halogens is 1. The Morgan fingerprint density at radius 1 is 1.71 bits per heavy atom. The Morgan fingerprint density at radius 3 is 3.00 bits per heavy atom. The first-order chi connectivity index (χ1) is 6.64. The highest BCUT2D eigenvalue weighted by Crippen LogP contribution is 2.42. The van der Waals surface area contributed by atoms with Gasteiger partial charge in [0.25, 0.3) is 0 Å². The maximum absolute atomic E-state index is 10.6. The Morgan fingerprint density at radius 2 is 2.50 bits per heavy atom. The van der Waals surface area contributed by atoms with Crippen LogP contribution in [0.3, 0.4) is 0 Å². The van der Waals surface area contributed by atoms with Gasteiger partial charge >= 0.3 is 0 Å². The van der Waals surface area contributed by atoms with E-state index in [1.165, 1.54) is 11.3 Å². The molecule has 1 aliphatic heterocycles. The number of hydrogen-bond donors (Lipinski definition) is 0. The summed E-state index contributed by atoms with van der Waals surface area (Å²) in [5.74, 6) is 0. The first-order valence-electron chi connectivity index (χ1n) is 4.53. The molecule has 76 valence electrons. The second-order valence-electron chi connectivity index (χ2n) is 3.67. The Hall–Kier alpha value is -0.380. The summed E-state index contributed by atoms with van der Waals surface area (Å²) in [5.41, 5.74) is -0.316. The van der Waals surface area contributed by atoms with E-state index < -0.39 is 0 Å². The molecule has 1 aliphatic rings. The van der Waals surface area contributed by atoms with E-state index in [2.05, 4.69) is 0 Å². The molecule has 4 heteroatoms. The van der Waals surface area contributed by atoms with Gasteiger partial charge in [-0.2, -0.15) is 0 Å². The Bertz CT molecular complexity index is 350. The molecule has 0 amide bonds. The predicted molar refractivity (Wildman–Crippen MR) is 56.9 cm³/mol. The quantitative estimate of drug-likeness (QED) is 0.731. The Labute approximate surface area is 91.8 Å². The summed E-state index contributed by atoms with van der Waals surface area (Å²) in [7, 11) is 0. The highest BCUT2D eigenvalue weighted by atomic mass is 35.5. The third-order valence-corrected chi connectivity index (χ3v) is 4.04. The van der Waals surface area contributed by atoms with Crippen molar-refractivity contribution in [3.05, 3.63) is 21.3 Å². The molecular weight excluding hydrogens is 220 g/mol. The molecule has 2 unspecified atom stereocenters. The van der Waals surface area contributed by atoms with Crippen LogP contribution in [0.1, 0.15) is 24.6 Å². The van der Waals surface area contributed by atoms with Gasteiger partial charge < -0.3 is 9.53 Å². The molecule has 1 aromatic rings. The maximum Gasteiger partial charge on any atom is 0.148 e. The van der Waals surface area contributed by atoms with Crippen LogP contribution in [0.4, 0.5) is 0 Å². The standard InChI is InChI=1S/C10H11ClO2S/c1-10(5-4-7(6-12)13-10)8-2-3-9(11)14-8/h2-3,6-7H,4-5H2,1H3. The van der Waals surface area contributed by atoms with Crippen LogP contribution < -0.4 is 0 Å². The zero-order valence-corrected chi connectivity index (χ0v) is 9.40. The van der Waals surface area contributed by atoms with E-state index in [4.69, 9.17) is 16.3 Å². The van der Waals surface area contributed by atoms with Gasteiger partial charge in [0.2, 0.25) is 0 Å². The first-order valence-corrected chi connectivity index (χ1v) is 5.72. The van der Waals surface area contributed by atoms with Crippen LogP contribution in [0.2, 0.25) is 4.34 Å². The first kappa shape index (κ1) is 10.1. The molecule has 1 fully saturated rings. The van der Waals surface area contributed by atoms with Crippen LogP contribution in [0.15, 0.2) is 12.1 Å². The lowest BCUT2D eigenvalue weighted by Gasteiger charge is -2.22. The van der Waals surface area contributed by atoms with Crippen molar-refractivity contribution >= 4 is 29.2 Å². The van der Waals surface area contributed by atoms with Crippen molar-refractivity contribution < 1.29 is 9.53 Å². The minimum atomic E-state index is -0.316. The second kappa shape index (κ2) is 3.65. The number of carbonyl (C=O) groups is 1. The number of ether oxygens (including phenoxy) is 1. The number of carbonyl (C=O) groups excluding carboxylic acids is 1. The predicted octanol–water partition coefficient (Wildman–Crippen LogP) is 2.99. The zero-order valence-electron chi connectivity index (χ0n) is 7.83. The molecule has 14 heavy (non-hydrogen) atoms. The van der Waals surface area contributed by atoms with Gasteiger partial charge in [0.05, 0.1) is 4.34 Å². The molecule has 2 atom stereocenters. The molecule has 0 bridgehead atoms. The SMILES string of the molecule is CC1(c2ccc(Cl)s2)CCC(C=O)O1. The minimum absolute atomic E-state index is 0.249. The molecule has 0 saturated carbocycles. The van der Waals surface area contributed by atoms with Crippen LogP contribution in [-0.2, 0) is 15.1 Å². The van der Waals surface area contributed by atoms with E-state index in [0.717, 1.165) is 28.3 Å². The van der Waals surface area contributed by atoms with Gasteiger partial charge in [-0.25, -0.2) is 0 Å². The van der Waals surface area contributed by atoms with E-state index in [-0.39, 0.29) is 11.7 Å². The largest absolute Gasteiger partial charge is 0.359 e. The third-order valence-electron chi connectivity index (χ3n) is 2.56. The summed E-state index contributed by atoms with van der Waals surface area (Å²) >= 11 is 7.39. The van der Waals surface area contributed by atoms with Crippen LogP contribution in [0.25, 0.3) is 0 Å². The smallest absolute Gasteiger partial charge is 0.148 e. The third kappa shape index (κ3) is 1.72. The fourth-order valence-corrected chi connectivity index (χ4v) is 2.91. The van der Waals surface area contributed by atoms with Crippen LogP contribution >= 0.6 is 22.9 Å². The number of hydrogen-bond acceptors (Lipinski definition) is 3.